The van der Waals surface area contributed by atoms with Crippen LogP contribution in [-0.4, -0.2) is 34.6 Å². The highest BCUT2D eigenvalue weighted by Crippen LogP contribution is 2.24. The van der Waals surface area contributed by atoms with E-state index in [9.17, 15) is 4.79 Å². The first kappa shape index (κ1) is 11.5. The minimum Gasteiger partial charge on any atom is -0.478 e. The van der Waals surface area contributed by atoms with Crippen LogP contribution in [-0.2, 0) is 0 Å². The number of likely N-dealkylation sites (N-methyl/N-ethyl adjacent to an activating group) is 1. The Bertz CT molecular complexity index is 713. The zero-order chi connectivity index (χ0) is 13.4. The average Bonchev–Trinajstić information content (AvgIpc) is 2.81. The lowest BCUT2D eigenvalue weighted by atomic mass is 10.2. The Morgan fingerprint density at radius 3 is 3.05 bits per heavy atom. The molecule has 0 radical (unpaired) electrons. The molecule has 0 unspecified atom stereocenters. The van der Waals surface area contributed by atoms with Crippen molar-refractivity contribution in [2.75, 3.05) is 13.6 Å². The molecule has 0 aliphatic carbocycles. The van der Waals surface area contributed by atoms with Crippen molar-refractivity contribution in [2.45, 2.75) is 0 Å². The first-order valence-electron chi connectivity index (χ1n) is 5.85. The summed E-state index contributed by atoms with van der Waals surface area (Å²) in [5.41, 5.74) is 2.33. The molecule has 0 saturated heterocycles. The van der Waals surface area contributed by atoms with Crippen molar-refractivity contribution in [2.24, 2.45) is 0 Å². The summed E-state index contributed by atoms with van der Waals surface area (Å²) in [5, 5.41) is 8.95. The summed E-state index contributed by atoms with van der Waals surface area (Å²) >= 11 is 0. The fourth-order valence-electron chi connectivity index (χ4n) is 2.01. The number of carbonyl (C=O) groups is 1. The smallest absolute Gasteiger partial charge is 0.335 e. The molecule has 1 N–H and O–H groups in total. The van der Waals surface area contributed by atoms with Crippen LogP contribution in [0.5, 0.6) is 0 Å². The van der Waals surface area contributed by atoms with Crippen LogP contribution in [0.25, 0.3) is 16.7 Å². The Kier molecular flexibility index (Phi) is 2.59. The van der Waals surface area contributed by atoms with Gasteiger partial charge < -0.3 is 14.4 Å². The molecule has 0 spiro atoms. The minimum atomic E-state index is -0.973. The molecule has 1 aliphatic rings. The van der Waals surface area contributed by atoms with Crippen LogP contribution in [0.4, 0.5) is 0 Å². The van der Waals surface area contributed by atoms with Crippen molar-refractivity contribution in [3.05, 3.63) is 48.0 Å². The van der Waals surface area contributed by atoms with Crippen molar-refractivity contribution in [1.82, 2.24) is 9.88 Å². The molecule has 2 heterocycles. The second kappa shape index (κ2) is 4.28. The van der Waals surface area contributed by atoms with Gasteiger partial charge in [0.15, 0.2) is 5.58 Å². The number of benzene rings is 1. The second-order valence-corrected chi connectivity index (χ2v) is 4.46. The average molecular weight is 256 g/mol. The number of carboxylic acids is 1. The first-order chi connectivity index (χ1) is 9.13. The van der Waals surface area contributed by atoms with Crippen LogP contribution in [0.2, 0.25) is 0 Å². The van der Waals surface area contributed by atoms with E-state index in [4.69, 9.17) is 9.52 Å². The van der Waals surface area contributed by atoms with Gasteiger partial charge in [0, 0.05) is 19.2 Å². The van der Waals surface area contributed by atoms with Crippen LogP contribution in [0.1, 0.15) is 16.2 Å². The highest BCUT2D eigenvalue weighted by atomic mass is 16.4. The van der Waals surface area contributed by atoms with Crippen molar-refractivity contribution in [3.63, 3.8) is 0 Å². The normalized spacial score (nSPS) is 14.8. The summed E-state index contributed by atoms with van der Waals surface area (Å²) in [6, 6.07) is 4.68. The number of carboxylic acid groups (broad SMARTS) is 1. The Balaban J connectivity index is 2.04. The summed E-state index contributed by atoms with van der Waals surface area (Å²) < 4.78 is 5.64. The lowest BCUT2D eigenvalue weighted by molar-refractivity contribution is 0.0697. The molecule has 5 heteroatoms. The van der Waals surface area contributed by atoms with E-state index in [0.717, 1.165) is 12.1 Å². The predicted octanol–water partition coefficient (Wildman–Crippen LogP) is 2.37. The number of fused-ring (bicyclic) bond motifs is 1. The van der Waals surface area contributed by atoms with E-state index >= 15 is 0 Å². The van der Waals surface area contributed by atoms with Crippen LogP contribution in [0.3, 0.4) is 0 Å². The lowest BCUT2D eigenvalue weighted by Gasteiger charge is -2.17. The fraction of sp³-hybridized carbons (Fsp3) is 0.143. The van der Waals surface area contributed by atoms with Crippen molar-refractivity contribution in [3.8, 4) is 0 Å². The molecule has 1 aliphatic heterocycles. The lowest BCUT2D eigenvalue weighted by Crippen LogP contribution is -2.16. The Hall–Kier alpha value is -2.56. The van der Waals surface area contributed by atoms with E-state index in [1.165, 1.54) is 12.1 Å². The molecule has 0 bridgehead atoms. The number of rotatable bonds is 2. The molecule has 1 aromatic carbocycles. The van der Waals surface area contributed by atoms with Gasteiger partial charge in [-0.3, -0.25) is 0 Å². The van der Waals surface area contributed by atoms with E-state index < -0.39 is 5.97 Å². The van der Waals surface area contributed by atoms with E-state index in [0.29, 0.717) is 17.0 Å². The minimum absolute atomic E-state index is 0.199. The topological polar surface area (TPSA) is 66.6 Å². The Morgan fingerprint density at radius 1 is 1.47 bits per heavy atom. The molecular formula is C14H12N2O3. The monoisotopic (exact) mass is 256 g/mol. The SMILES string of the molecule is CN1C=CC=C(c2nc3ccc(C(=O)O)cc3o2)C1. The number of hydrogen-bond acceptors (Lipinski definition) is 4. The predicted molar refractivity (Wildman–Crippen MR) is 70.7 cm³/mol. The third-order valence-electron chi connectivity index (χ3n) is 2.97. The van der Waals surface area contributed by atoms with Crippen LogP contribution in [0, 0.1) is 0 Å². The van der Waals surface area contributed by atoms with Crippen LogP contribution < -0.4 is 0 Å². The maximum Gasteiger partial charge on any atom is 0.335 e. The molecule has 0 saturated carbocycles. The highest BCUT2D eigenvalue weighted by molar-refractivity contribution is 5.92. The van der Waals surface area contributed by atoms with Gasteiger partial charge in [0.2, 0.25) is 5.89 Å². The van der Waals surface area contributed by atoms with Gasteiger partial charge >= 0.3 is 5.97 Å². The van der Waals surface area contributed by atoms with Gasteiger partial charge in [-0.05, 0) is 30.5 Å². The number of aromatic nitrogens is 1. The summed E-state index contributed by atoms with van der Waals surface area (Å²) in [5.74, 6) is -0.437. The third-order valence-corrected chi connectivity index (χ3v) is 2.97. The van der Waals surface area contributed by atoms with Gasteiger partial charge in [-0.1, -0.05) is 6.08 Å². The third kappa shape index (κ3) is 2.10. The number of oxazole rings is 1. The zero-order valence-corrected chi connectivity index (χ0v) is 10.3. The van der Waals surface area contributed by atoms with Gasteiger partial charge in [0.05, 0.1) is 5.56 Å². The molecule has 19 heavy (non-hydrogen) atoms. The number of hydrogen-bond donors (Lipinski definition) is 1. The molecule has 5 nitrogen and oxygen atoms in total. The summed E-state index contributed by atoms with van der Waals surface area (Å²) in [6.45, 7) is 0.717. The Morgan fingerprint density at radius 2 is 2.32 bits per heavy atom. The molecule has 0 atom stereocenters. The molecule has 0 amide bonds. The Labute approximate surface area is 109 Å². The van der Waals surface area contributed by atoms with Gasteiger partial charge in [-0.25, -0.2) is 9.78 Å². The van der Waals surface area contributed by atoms with Gasteiger partial charge in [0.25, 0.3) is 0 Å². The zero-order valence-electron chi connectivity index (χ0n) is 10.3. The highest BCUT2D eigenvalue weighted by Gasteiger charge is 2.14. The molecule has 2 aromatic rings. The fourth-order valence-corrected chi connectivity index (χ4v) is 2.01. The molecule has 3 rings (SSSR count). The molecule has 96 valence electrons. The van der Waals surface area contributed by atoms with E-state index in [2.05, 4.69) is 4.98 Å². The van der Waals surface area contributed by atoms with Gasteiger partial charge in [0.1, 0.15) is 5.52 Å². The largest absolute Gasteiger partial charge is 0.478 e. The molecular weight excluding hydrogens is 244 g/mol. The van der Waals surface area contributed by atoms with E-state index in [1.54, 1.807) is 6.07 Å². The maximum absolute atomic E-state index is 10.9. The maximum atomic E-state index is 10.9. The quantitative estimate of drug-likeness (QED) is 0.893. The standard InChI is InChI=1S/C14H12N2O3/c1-16-6-2-3-10(8-16)13-15-11-5-4-9(14(17)18)7-12(11)19-13/h2-7H,8H2,1H3,(H,17,18). The second-order valence-electron chi connectivity index (χ2n) is 4.46. The van der Waals surface area contributed by atoms with Crippen molar-refractivity contribution >= 4 is 22.6 Å². The summed E-state index contributed by atoms with van der Waals surface area (Å²) in [7, 11) is 1.97. The number of aromatic carboxylic acids is 1. The van der Waals surface area contributed by atoms with Crippen molar-refractivity contribution < 1.29 is 14.3 Å². The van der Waals surface area contributed by atoms with Crippen LogP contribution in [0.15, 0.2) is 41.0 Å². The van der Waals surface area contributed by atoms with Crippen molar-refractivity contribution in [1.29, 1.82) is 0 Å². The van der Waals surface area contributed by atoms with Gasteiger partial charge in [-0.2, -0.15) is 0 Å². The molecule has 1 aromatic heterocycles. The summed E-state index contributed by atoms with van der Waals surface area (Å²) in [4.78, 5) is 17.3. The van der Waals surface area contributed by atoms with E-state index in [-0.39, 0.29) is 5.56 Å². The number of allylic oxidation sites excluding steroid dienone is 2. The summed E-state index contributed by atoms with van der Waals surface area (Å²) in [6.07, 6.45) is 5.84. The van der Waals surface area contributed by atoms with Crippen LogP contribution >= 0.6 is 0 Å². The number of nitrogens with zero attached hydrogens (tertiary/aromatic N) is 2. The molecule has 0 fully saturated rings. The first-order valence-corrected chi connectivity index (χ1v) is 5.85. The van der Waals surface area contributed by atoms with E-state index in [1.807, 2.05) is 30.3 Å². The van der Waals surface area contributed by atoms with Gasteiger partial charge in [-0.15, -0.1) is 0 Å².